The molecule has 0 unspecified atom stereocenters. The maximum Gasteiger partial charge on any atom is 0.159 e. The molecule has 0 amide bonds. The highest BCUT2D eigenvalue weighted by Gasteiger charge is 2.17. The molecule has 126 valence electrons. The van der Waals surface area contributed by atoms with Gasteiger partial charge in [0.25, 0.3) is 0 Å². The first-order chi connectivity index (χ1) is 12.7. The summed E-state index contributed by atoms with van der Waals surface area (Å²) in [5.74, 6) is 1.21. The molecule has 1 aromatic carbocycles. The molecule has 8 heteroatoms. The summed E-state index contributed by atoms with van der Waals surface area (Å²) in [5, 5.41) is 1.06. The van der Waals surface area contributed by atoms with Gasteiger partial charge in [-0.05, 0) is 24.3 Å². The molecule has 0 radical (unpaired) electrons. The second kappa shape index (κ2) is 5.79. The van der Waals surface area contributed by atoms with Gasteiger partial charge in [-0.1, -0.05) is 29.3 Å². The maximum absolute atomic E-state index is 6.32. The van der Waals surface area contributed by atoms with Gasteiger partial charge in [-0.2, -0.15) is 0 Å². The first-order valence-electron chi connectivity index (χ1n) is 7.80. The second-order valence-corrected chi connectivity index (χ2v) is 6.53. The predicted molar refractivity (Wildman–Crippen MR) is 102 cm³/mol. The van der Waals surface area contributed by atoms with Crippen molar-refractivity contribution < 1.29 is 0 Å². The van der Waals surface area contributed by atoms with E-state index >= 15 is 0 Å². The molecule has 4 heterocycles. The van der Waals surface area contributed by atoms with E-state index in [0.717, 1.165) is 16.6 Å². The molecule has 0 aliphatic carbocycles. The smallest absolute Gasteiger partial charge is 0.159 e. The molecule has 0 spiro atoms. The third kappa shape index (κ3) is 2.34. The lowest BCUT2D eigenvalue weighted by atomic mass is 10.2. The first-order valence-corrected chi connectivity index (χ1v) is 8.55. The first kappa shape index (κ1) is 15.3. The Labute approximate surface area is 157 Å². The van der Waals surface area contributed by atoms with Crippen molar-refractivity contribution in [2.24, 2.45) is 0 Å². The number of aromatic nitrogens is 6. The second-order valence-electron chi connectivity index (χ2n) is 5.72. The molecular formula is C18H10Cl2N6. The summed E-state index contributed by atoms with van der Waals surface area (Å²) < 4.78 is 0. The van der Waals surface area contributed by atoms with Crippen LogP contribution in [-0.2, 0) is 0 Å². The number of hydrogen-bond acceptors (Lipinski definition) is 4. The van der Waals surface area contributed by atoms with Crippen LogP contribution in [0.1, 0.15) is 0 Å². The Morgan fingerprint density at radius 1 is 0.808 bits per heavy atom. The largest absolute Gasteiger partial charge is 0.338 e. The third-order valence-electron chi connectivity index (χ3n) is 4.11. The molecular weight excluding hydrogens is 371 g/mol. The zero-order valence-corrected chi connectivity index (χ0v) is 14.7. The molecule has 0 atom stereocenters. The predicted octanol–water partition coefficient (Wildman–Crippen LogP) is 4.87. The summed E-state index contributed by atoms with van der Waals surface area (Å²) in [5.41, 5.74) is 4.46. The molecule has 5 aromatic rings. The number of hydrogen-bond donors (Lipinski definition) is 2. The van der Waals surface area contributed by atoms with Crippen molar-refractivity contribution in [3.63, 3.8) is 0 Å². The van der Waals surface area contributed by atoms with Crippen LogP contribution in [0.4, 0.5) is 0 Å². The molecule has 0 aliphatic heterocycles. The van der Waals surface area contributed by atoms with Crippen molar-refractivity contribution >= 4 is 45.3 Å². The number of aromatic amines is 2. The van der Waals surface area contributed by atoms with Crippen molar-refractivity contribution in [2.45, 2.75) is 0 Å². The third-order valence-corrected chi connectivity index (χ3v) is 4.74. The van der Waals surface area contributed by atoms with E-state index in [1.807, 2.05) is 12.1 Å². The van der Waals surface area contributed by atoms with E-state index in [9.17, 15) is 0 Å². The van der Waals surface area contributed by atoms with E-state index in [4.69, 9.17) is 23.2 Å². The van der Waals surface area contributed by atoms with Crippen LogP contribution in [0.5, 0.6) is 0 Å². The number of nitrogens with one attached hydrogen (secondary N) is 2. The molecule has 4 aromatic heterocycles. The zero-order valence-electron chi connectivity index (χ0n) is 13.2. The van der Waals surface area contributed by atoms with Gasteiger partial charge < -0.3 is 9.97 Å². The molecule has 0 fully saturated rings. The topological polar surface area (TPSA) is 83.1 Å². The summed E-state index contributed by atoms with van der Waals surface area (Å²) in [4.78, 5) is 24.3. The van der Waals surface area contributed by atoms with E-state index in [2.05, 4.69) is 29.9 Å². The van der Waals surface area contributed by atoms with Crippen LogP contribution in [0, 0.1) is 0 Å². The summed E-state index contributed by atoms with van der Waals surface area (Å²) in [6, 6.07) is 9.05. The minimum Gasteiger partial charge on any atom is -0.338 e. The van der Waals surface area contributed by atoms with E-state index < -0.39 is 0 Å². The Balaban J connectivity index is 1.74. The Kier molecular flexibility index (Phi) is 3.41. The van der Waals surface area contributed by atoms with Gasteiger partial charge in [-0.25, -0.2) is 9.97 Å². The van der Waals surface area contributed by atoms with Crippen molar-refractivity contribution in [3.05, 3.63) is 59.0 Å². The van der Waals surface area contributed by atoms with E-state index in [-0.39, 0.29) is 0 Å². The van der Waals surface area contributed by atoms with E-state index in [0.29, 0.717) is 38.5 Å². The van der Waals surface area contributed by atoms with Gasteiger partial charge >= 0.3 is 0 Å². The normalized spacial score (nSPS) is 11.5. The van der Waals surface area contributed by atoms with Crippen molar-refractivity contribution in [3.8, 4) is 22.9 Å². The number of nitrogens with zero attached hydrogens (tertiary/aromatic N) is 4. The van der Waals surface area contributed by atoms with Gasteiger partial charge in [-0.3, -0.25) is 9.97 Å². The van der Waals surface area contributed by atoms with Crippen LogP contribution in [-0.4, -0.2) is 29.9 Å². The van der Waals surface area contributed by atoms with Gasteiger partial charge in [0.15, 0.2) is 5.82 Å². The van der Waals surface area contributed by atoms with E-state index in [1.54, 1.807) is 36.8 Å². The lowest BCUT2D eigenvalue weighted by Crippen LogP contribution is -1.87. The van der Waals surface area contributed by atoms with Crippen LogP contribution < -0.4 is 0 Å². The van der Waals surface area contributed by atoms with Crippen molar-refractivity contribution in [1.82, 2.24) is 29.9 Å². The standard InChI is InChI=1S/C18H10Cl2N6/c19-9-2-1-3-10(20)14(9)17-24-12-5-7-22-16(15(12)26-17)18-23-11-4-6-21-8-13(11)25-18/h1-8H,(H,23,25)(H,24,26). The van der Waals surface area contributed by atoms with Crippen molar-refractivity contribution in [2.75, 3.05) is 0 Å². The highest BCUT2D eigenvalue weighted by Crippen LogP contribution is 2.35. The molecule has 0 bridgehead atoms. The molecule has 2 N–H and O–H groups in total. The van der Waals surface area contributed by atoms with Gasteiger partial charge in [0, 0.05) is 12.4 Å². The number of fused-ring (bicyclic) bond motifs is 2. The van der Waals surface area contributed by atoms with E-state index in [1.165, 1.54) is 0 Å². The average Bonchev–Trinajstić information content (AvgIpc) is 3.25. The van der Waals surface area contributed by atoms with Crippen LogP contribution >= 0.6 is 23.2 Å². The Hall–Kier alpha value is -2.96. The van der Waals surface area contributed by atoms with Crippen LogP contribution in [0.2, 0.25) is 10.0 Å². The number of rotatable bonds is 2. The van der Waals surface area contributed by atoms with Crippen LogP contribution in [0.25, 0.3) is 45.0 Å². The number of benzene rings is 1. The minimum absolute atomic E-state index is 0.529. The monoisotopic (exact) mass is 380 g/mol. The SMILES string of the molecule is Clc1cccc(Cl)c1-c1nc2c(-c3nc4ccncc4[nH]3)nccc2[nH]1. The fraction of sp³-hybridized carbons (Fsp3) is 0. The van der Waals surface area contributed by atoms with Gasteiger partial charge in [0.05, 0.1) is 38.4 Å². The van der Waals surface area contributed by atoms with Gasteiger partial charge in [0.2, 0.25) is 0 Å². The summed E-state index contributed by atoms with van der Waals surface area (Å²) in [7, 11) is 0. The molecule has 0 saturated carbocycles. The Bertz CT molecular complexity index is 1220. The number of H-pyrrole nitrogens is 2. The van der Waals surface area contributed by atoms with Crippen LogP contribution in [0.3, 0.4) is 0 Å². The van der Waals surface area contributed by atoms with Crippen LogP contribution in [0.15, 0.2) is 48.9 Å². The highest BCUT2D eigenvalue weighted by atomic mass is 35.5. The molecule has 0 aliphatic rings. The Morgan fingerprint density at radius 3 is 2.42 bits per heavy atom. The zero-order chi connectivity index (χ0) is 17.7. The fourth-order valence-electron chi connectivity index (χ4n) is 2.92. The van der Waals surface area contributed by atoms with Gasteiger partial charge in [0.1, 0.15) is 17.0 Å². The molecule has 0 saturated heterocycles. The Morgan fingerprint density at radius 2 is 1.62 bits per heavy atom. The number of halogens is 2. The summed E-state index contributed by atoms with van der Waals surface area (Å²) >= 11 is 12.6. The number of imidazole rings is 2. The summed E-state index contributed by atoms with van der Waals surface area (Å²) in [6.07, 6.45) is 5.14. The number of pyridine rings is 2. The average molecular weight is 381 g/mol. The summed E-state index contributed by atoms with van der Waals surface area (Å²) in [6.45, 7) is 0. The quantitative estimate of drug-likeness (QED) is 0.457. The molecule has 6 nitrogen and oxygen atoms in total. The van der Waals surface area contributed by atoms with Crippen molar-refractivity contribution in [1.29, 1.82) is 0 Å². The molecule has 5 rings (SSSR count). The lowest BCUT2D eigenvalue weighted by Gasteiger charge is -2.02. The molecule has 26 heavy (non-hydrogen) atoms. The van der Waals surface area contributed by atoms with Gasteiger partial charge in [-0.15, -0.1) is 0 Å². The highest BCUT2D eigenvalue weighted by molar-refractivity contribution is 6.39. The maximum atomic E-state index is 6.32. The fourth-order valence-corrected chi connectivity index (χ4v) is 3.50. The lowest BCUT2D eigenvalue weighted by molar-refractivity contribution is 1.24. The minimum atomic E-state index is 0.529.